The smallest absolute Gasteiger partial charge is 0.275 e. The van der Waals surface area contributed by atoms with Crippen LogP contribution in [0.25, 0.3) is 10.8 Å². The van der Waals surface area contributed by atoms with Crippen molar-refractivity contribution < 1.29 is 9.69 Å². The molecule has 1 N–H and O–H groups in total. The maximum Gasteiger partial charge on any atom is 0.275 e. The molecule has 27 heavy (non-hydrogen) atoms. The number of piperazine rings is 1. The summed E-state index contributed by atoms with van der Waals surface area (Å²) in [4.78, 5) is 29.3. The summed E-state index contributed by atoms with van der Waals surface area (Å²) in [5.74, 6) is -0.0967. The minimum absolute atomic E-state index is 0.0967. The average Bonchev–Trinajstić information content (AvgIpc) is 2.71. The molecule has 0 aliphatic carbocycles. The van der Waals surface area contributed by atoms with Gasteiger partial charge < -0.3 is 9.80 Å². The van der Waals surface area contributed by atoms with Gasteiger partial charge in [0.2, 0.25) is 0 Å². The Balaban J connectivity index is 1.78. The zero-order valence-electron chi connectivity index (χ0n) is 15.4. The van der Waals surface area contributed by atoms with Gasteiger partial charge in [-0.1, -0.05) is 48.5 Å². The summed E-state index contributed by atoms with van der Waals surface area (Å²) in [7, 11) is 2.13. The van der Waals surface area contributed by atoms with E-state index in [1.807, 2.05) is 53.4 Å². The minimum atomic E-state index is -0.172. The van der Waals surface area contributed by atoms with Gasteiger partial charge in [-0.15, -0.1) is 0 Å². The second-order valence-corrected chi connectivity index (χ2v) is 7.09. The van der Waals surface area contributed by atoms with E-state index in [9.17, 15) is 9.59 Å². The number of carbonyl (C=O) groups excluding carboxylic acids is 1. The summed E-state index contributed by atoms with van der Waals surface area (Å²) in [6, 6.07) is 16.9. The van der Waals surface area contributed by atoms with Crippen LogP contribution in [0.1, 0.15) is 16.1 Å². The summed E-state index contributed by atoms with van der Waals surface area (Å²) in [6.07, 6.45) is 0. The van der Waals surface area contributed by atoms with E-state index in [1.165, 1.54) is 9.58 Å². The topological polar surface area (TPSA) is 59.6 Å². The Bertz CT molecular complexity index is 1020. The molecule has 1 saturated heterocycles. The fraction of sp³-hybridized carbons (Fsp3) is 0.286. The van der Waals surface area contributed by atoms with Crippen molar-refractivity contribution in [3.05, 3.63) is 76.2 Å². The molecule has 1 aliphatic heterocycles. The predicted octanol–water partition coefficient (Wildman–Crippen LogP) is 0.415. The standard InChI is InChI=1S/C21H22N4O2/c1-23-11-13-24(14-12-23)21(27)19-17-9-5-6-10-18(17)20(26)25(22-19)15-16-7-3-2-4-8-16/h2-10H,11-15H2,1H3/p+1. The second kappa shape index (κ2) is 7.32. The van der Waals surface area contributed by atoms with Crippen LogP contribution in [-0.2, 0) is 6.54 Å². The summed E-state index contributed by atoms with van der Waals surface area (Å²) in [5.41, 5.74) is 1.17. The number of nitrogens with zero attached hydrogens (tertiary/aromatic N) is 3. The van der Waals surface area contributed by atoms with Crippen LogP contribution in [0, 0.1) is 0 Å². The first-order chi connectivity index (χ1) is 13.1. The van der Waals surface area contributed by atoms with Gasteiger partial charge in [-0.3, -0.25) is 9.59 Å². The Labute approximate surface area is 157 Å². The molecular weight excluding hydrogens is 340 g/mol. The largest absolute Gasteiger partial charge is 0.334 e. The molecular formula is C21H23N4O2+. The lowest BCUT2D eigenvalue weighted by Crippen LogP contribution is -3.12. The van der Waals surface area contributed by atoms with E-state index in [0.29, 0.717) is 36.1 Å². The van der Waals surface area contributed by atoms with Crippen molar-refractivity contribution in [2.75, 3.05) is 33.2 Å². The van der Waals surface area contributed by atoms with Crippen molar-refractivity contribution in [3.63, 3.8) is 0 Å². The molecule has 0 saturated carbocycles. The van der Waals surface area contributed by atoms with Crippen LogP contribution in [0.15, 0.2) is 59.4 Å². The Hall–Kier alpha value is -2.99. The molecule has 0 atom stereocenters. The number of rotatable bonds is 3. The number of likely N-dealkylation sites (N-methyl/N-ethyl adjacent to an activating group) is 1. The van der Waals surface area contributed by atoms with E-state index in [0.717, 1.165) is 18.7 Å². The van der Waals surface area contributed by atoms with Gasteiger partial charge >= 0.3 is 0 Å². The van der Waals surface area contributed by atoms with E-state index >= 15 is 0 Å². The van der Waals surface area contributed by atoms with Crippen LogP contribution in [0.4, 0.5) is 0 Å². The molecule has 4 rings (SSSR count). The molecule has 1 aliphatic rings. The van der Waals surface area contributed by atoms with Crippen LogP contribution >= 0.6 is 0 Å². The van der Waals surface area contributed by atoms with Crippen molar-refractivity contribution in [1.82, 2.24) is 14.7 Å². The van der Waals surface area contributed by atoms with Gasteiger partial charge in [0.1, 0.15) is 0 Å². The lowest BCUT2D eigenvalue weighted by atomic mass is 10.1. The first-order valence-corrected chi connectivity index (χ1v) is 9.28. The highest BCUT2D eigenvalue weighted by Crippen LogP contribution is 2.16. The zero-order valence-corrected chi connectivity index (χ0v) is 15.4. The first-order valence-electron chi connectivity index (χ1n) is 9.28. The molecule has 2 heterocycles. The fourth-order valence-electron chi connectivity index (χ4n) is 3.50. The summed E-state index contributed by atoms with van der Waals surface area (Å²) in [6.45, 7) is 3.61. The molecule has 3 aromatic rings. The number of fused-ring (bicyclic) bond motifs is 1. The van der Waals surface area contributed by atoms with E-state index in [1.54, 1.807) is 6.07 Å². The molecule has 1 aromatic heterocycles. The maximum atomic E-state index is 13.2. The van der Waals surface area contributed by atoms with Gasteiger partial charge in [-0.05, 0) is 11.6 Å². The van der Waals surface area contributed by atoms with Crippen molar-refractivity contribution in [3.8, 4) is 0 Å². The third kappa shape index (κ3) is 3.48. The molecule has 6 nitrogen and oxygen atoms in total. The third-order valence-electron chi connectivity index (χ3n) is 5.15. The number of aromatic nitrogens is 2. The van der Waals surface area contributed by atoms with Gasteiger partial charge in [0.15, 0.2) is 5.69 Å². The molecule has 0 bridgehead atoms. The van der Waals surface area contributed by atoms with Crippen LogP contribution in [0.2, 0.25) is 0 Å². The Morgan fingerprint density at radius 1 is 1.00 bits per heavy atom. The molecule has 2 aromatic carbocycles. The molecule has 138 valence electrons. The highest BCUT2D eigenvalue weighted by atomic mass is 16.2. The Kier molecular flexibility index (Phi) is 4.73. The maximum absolute atomic E-state index is 13.2. The zero-order chi connectivity index (χ0) is 18.8. The monoisotopic (exact) mass is 363 g/mol. The number of hydrogen-bond acceptors (Lipinski definition) is 3. The van der Waals surface area contributed by atoms with Crippen molar-refractivity contribution in [1.29, 1.82) is 0 Å². The predicted molar refractivity (Wildman–Crippen MR) is 104 cm³/mol. The summed E-state index contributed by atoms with van der Waals surface area (Å²) < 4.78 is 1.41. The van der Waals surface area contributed by atoms with Gasteiger partial charge in [-0.25, -0.2) is 4.68 Å². The Morgan fingerprint density at radius 3 is 2.33 bits per heavy atom. The summed E-state index contributed by atoms with van der Waals surface area (Å²) >= 11 is 0. The fourth-order valence-corrected chi connectivity index (χ4v) is 3.50. The molecule has 0 radical (unpaired) electrons. The van der Waals surface area contributed by atoms with Crippen LogP contribution < -0.4 is 10.5 Å². The molecule has 0 spiro atoms. The van der Waals surface area contributed by atoms with Crippen LogP contribution in [0.3, 0.4) is 0 Å². The molecule has 6 heteroatoms. The number of amides is 1. The van der Waals surface area contributed by atoms with Crippen LogP contribution in [-0.4, -0.2) is 53.8 Å². The van der Waals surface area contributed by atoms with E-state index in [-0.39, 0.29) is 11.5 Å². The number of nitrogens with one attached hydrogen (secondary N) is 1. The lowest BCUT2D eigenvalue weighted by Gasteiger charge is -2.30. The summed E-state index contributed by atoms with van der Waals surface area (Å²) in [5, 5.41) is 5.66. The Morgan fingerprint density at radius 2 is 1.63 bits per heavy atom. The second-order valence-electron chi connectivity index (χ2n) is 7.09. The van der Waals surface area contributed by atoms with Crippen LogP contribution in [0.5, 0.6) is 0 Å². The molecule has 1 fully saturated rings. The number of hydrogen-bond donors (Lipinski definition) is 1. The van der Waals surface area contributed by atoms with E-state index in [2.05, 4.69) is 12.1 Å². The normalized spacial score (nSPS) is 15.2. The van der Waals surface area contributed by atoms with Crippen molar-refractivity contribution in [2.45, 2.75) is 6.54 Å². The quantitative estimate of drug-likeness (QED) is 0.734. The van der Waals surface area contributed by atoms with E-state index < -0.39 is 0 Å². The van der Waals surface area contributed by atoms with E-state index in [4.69, 9.17) is 0 Å². The lowest BCUT2D eigenvalue weighted by molar-refractivity contribution is -0.883. The number of quaternary nitrogens is 1. The number of benzene rings is 2. The number of carbonyl (C=O) groups is 1. The van der Waals surface area contributed by atoms with Gasteiger partial charge in [0, 0.05) is 5.39 Å². The van der Waals surface area contributed by atoms with Gasteiger partial charge in [0.25, 0.3) is 11.5 Å². The average molecular weight is 363 g/mol. The third-order valence-corrected chi connectivity index (χ3v) is 5.15. The SMILES string of the molecule is C[NH+]1CCN(C(=O)c2nn(Cc3ccccc3)c(=O)c3ccccc23)CC1. The first kappa shape index (κ1) is 17.4. The highest BCUT2D eigenvalue weighted by Gasteiger charge is 2.26. The minimum Gasteiger partial charge on any atom is -0.334 e. The van der Waals surface area contributed by atoms with Crippen molar-refractivity contribution >= 4 is 16.7 Å². The highest BCUT2D eigenvalue weighted by molar-refractivity contribution is 6.04. The van der Waals surface area contributed by atoms with Gasteiger partial charge in [0.05, 0.1) is 45.2 Å². The van der Waals surface area contributed by atoms with Crippen molar-refractivity contribution in [2.24, 2.45) is 0 Å². The van der Waals surface area contributed by atoms with Gasteiger partial charge in [-0.2, -0.15) is 5.10 Å². The molecule has 0 unspecified atom stereocenters. The molecule has 1 amide bonds.